The minimum atomic E-state index is -1.05. The Labute approximate surface area is 137 Å². The van der Waals surface area contributed by atoms with Gasteiger partial charge in [0.15, 0.2) is 0 Å². The van der Waals surface area contributed by atoms with Gasteiger partial charge in [-0.1, -0.05) is 25.1 Å². The summed E-state index contributed by atoms with van der Waals surface area (Å²) in [6, 6.07) is 6.41. The van der Waals surface area contributed by atoms with E-state index < -0.39 is 5.97 Å². The predicted octanol–water partition coefficient (Wildman–Crippen LogP) is 2.81. The van der Waals surface area contributed by atoms with Crippen LogP contribution in [0.25, 0.3) is 0 Å². The third kappa shape index (κ3) is 4.59. The topological polar surface area (TPSA) is 70.5 Å². The Morgan fingerprint density at radius 3 is 2.74 bits per heavy atom. The zero-order valence-corrected chi connectivity index (χ0v) is 13.5. The van der Waals surface area contributed by atoms with Crippen molar-refractivity contribution in [1.82, 2.24) is 9.88 Å². The third-order valence-electron chi connectivity index (χ3n) is 3.17. The van der Waals surface area contributed by atoms with Gasteiger partial charge in [0, 0.05) is 13.0 Å². The summed E-state index contributed by atoms with van der Waals surface area (Å²) in [5.74, 6) is -1.72. The summed E-state index contributed by atoms with van der Waals surface area (Å²) in [4.78, 5) is 29.0. The standard InChI is InChI=1S/C16H17FN2O3S/c1-2-7-19(10-15(20)21)16(22)13-9-18-14(23-13)8-11-5-3-4-6-12(11)17/h3-6,9H,2,7-8,10H2,1H3,(H,20,21). The molecule has 0 aliphatic heterocycles. The van der Waals surface area contributed by atoms with Crippen LogP contribution in [0, 0.1) is 5.82 Å². The molecule has 1 amide bonds. The number of carboxylic acids is 1. The maximum atomic E-state index is 13.6. The molecule has 0 aliphatic rings. The number of aliphatic carboxylic acids is 1. The first kappa shape index (κ1) is 17.1. The van der Waals surface area contributed by atoms with Gasteiger partial charge in [0.1, 0.15) is 17.2 Å². The Morgan fingerprint density at radius 1 is 1.35 bits per heavy atom. The maximum Gasteiger partial charge on any atom is 0.323 e. The molecule has 5 nitrogen and oxygen atoms in total. The molecule has 7 heteroatoms. The van der Waals surface area contributed by atoms with Crippen molar-refractivity contribution in [2.24, 2.45) is 0 Å². The van der Waals surface area contributed by atoms with Gasteiger partial charge in [-0.2, -0.15) is 0 Å². The van der Waals surface area contributed by atoms with Crippen LogP contribution in [-0.2, 0) is 11.2 Å². The van der Waals surface area contributed by atoms with Crippen molar-refractivity contribution in [3.8, 4) is 0 Å². The smallest absolute Gasteiger partial charge is 0.323 e. The average molecular weight is 336 g/mol. The summed E-state index contributed by atoms with van der Waals surface area (Å²) in [5.41, 5.74) is 0.511. The highest BCUT2D eigenvalue weighted by atomic mass is 32.1. The number of carbonyl (C=O) groups is 2. The minimum absolute atomic E-state index is 0.303. The summed E-state index contributed by atoms with van der Waals surface area (Å²) in [7, 11) is 0. The molecule has 2 rings (SSSR count). The molecule has 23 heavy (non-hydrogen) atoms. The lowest BCUT2D eigenvalue weighted by Gasteiger charge is -2.18. The van der Waals surface area contributed by atoms with Gasteiger partial charge in [-0.3, -0.25) is 9.59 Å². The van der Waals surface area contributed by atoms with Crippen molar-refractivity contribution in [3.05, 3.63) is 51.7 Å². The highest BCUT2D eigenvalue weighted by Gasteiger charge is 2.20. The second-order valence-electron chi connectivity index (χ2n) is 5.01. The van der Waals surface area contributed by atoms with Gasteiger partial charge in [0.05, 0.1) is 11.2 Å². The molecule has 1 aromatic carbocycles. The summed E-state index contributed by atoms with van der Waals surface area (Å²) < 4.78 is 13.6. The Balaban J connectivity index is 2.12. The van der Waals surface area contributed by atoms with Crippen molar-refractivity contribution in [2.75, 3.05) is 13.1 Å². The van der Waals surface area contributed by atoms with Crippen LogP contribution in [0.15, 0.2) is 30.5 Å². The van der Waals surface area contributed by atoms with E-state index in [1.807, 2.05) is 6.92 Å². The van der Waals surface area contributed by atoms with E-state index in [4.69, 9.17) is 5.11 Å². The van der Waals surface area contributed by atoms with Gasteiger partial charge in [-0.25, -0.2) is 9.37 Å². The molecule has 0 atom stereocenters. The Morgan fingerprint density at radius 2 is 2.09 bits per heavy atom. The van der Waals surface area contributed by atoms with Crippen molar-refractivity contribution in [1.29, 1.82) is 0 Å². The van der Waals surface area contributed by atoms with E-state index in [0.29, 0.717) is 34.8 Å². The van der Waals surface area contributed by atoms with Crippen molar-refractivity contribution < 1.29 is 19.1 Å². The summed E-state index contributed by atoms with van der Waals surface area (Å²) >= 11 is 1.16. The molecule has 0 unspecified atom stereocenters. The largest absolute Gasteiger partial charge is 0.480 e. The maximum absolute atomic E-state index is 13.6. The summed E-state index contributed by atoms with van der Waals surface area (Å²) in [6.07, 6.45) is 2.39. The third-order valence-corrected chi connectivity index (χ3v) is 4.16. The fourth-order valence-electron chi connectivity index (χ4n) is 2.14. The first-order valence-electron chi connectivity index (χ1n) is 7.20. The number of thiazole rings is 1. The van der Waals surface area contributed by atoms with Crippen LogP contribution in [0.2, 0.25) is 0 Å². The van der Waals surface area contributed by atoms with Crippen LogP contribution in [-0.4, -0.2) is 40.0 Å². The molecule has 0 saturated heterocycles. The van der Waals surface area contributed by atoms with Crippen molar-refractivity contribution in [2.45, 2.75) is 19.8 Å². The minimum Gasteiger partial charge on any atom is -0.480 e. The van der Waals surface area contributed by atoms with E-state index in [2.05, 4.69) is 4.98 Å². The molecular formula is C16H17FN2O3S. The van der Waals surface area contributed by atoms with E-state index in [1.54, 1.807) is 18.2 Å². The van der Waals surface area contributed by atoms with E-state index in [0.717, 1.165) is 11.3 Å². The van der Waals surface area contributed by atoms with Crippen molar-refractivity contribution >= 4 is 23.2 Å². The molecule has 0 spiro atoms. The molecule has 0 aliphatic carbocycles. The lowest BCUT2D eigenvalue weighted by molar-refractivity contribution is -0.137. The molecule has 2 aromatic rings. The molecule has 0 radical (unpaired) electrons. The average Bonchev–Trinajstić information content (AvgIpc) is 2.96. The SMILES string of the molecule is CCCN(CC(=O)O)C(=O)c1cnc(Cc2ccccc2F)s1. The summed E-state index contributed by atoms with van der Waals surface area (Å²) in [5, 5.41) is 9.51. The predicted molar refractivity (Wildman–Crippen MR) is 85.2 cm³/mol. The van der Waals surface area contributed by atoms with Crippen LogP contribution in [0.1, 0.15) is 33.6 Å². The lowest BCUT2D eigenvalue weighted by Crippen LogP contribution is -2.35. The zero-order chi connectivity index (χ0) is 16.8. The van der Waals surface area contributed by atoms with Gasteiger partial charge in [-0.05, 0) is 18.1 Å². The molecule has 1 aromatic heterocycles. The molecule has 0 saturated carbocycles. The van der Waals surface area contributed by atoms with E-state index in [1.165, 1.54) is 17.2 Å². The van der Waals surface area contributed by atoms with Crippen LogP contribution in [0.5, 0.6) is 0 Å². The zero-order valence-electron chi connectivity index (χ0n) is 12.7. The first-order valence-corrected chi connectivity index (χ1v) is 8.02. The number of benzene rings is 1. The van der Waals surface area contributed by atoms with Crippen molar-refractivity contribution in [3.63, 3.8) is 0 Å². The monoisotopic (exact) mass is 336 g/mol. The normalized spacial score (nSPS) is 10.5. The number of nitrogens with zero attached hydrogens (tertiary/aromatic N) is 2. The van der Waals surface area contributed by atoms with Crippen LogP contribution < -0.4 is 0 Å². The molecule has 122 valence electrons. The van der Waals surface area contributed by atoms with E-state index in [-0.39, 0.29) is 18.3 Å². The van der Waals surface area contributed by atoms with E-state index >= 15 is 0 Å². The van der Waals surface area contributed by atoms with Crippen LogP contribution in [0.3, 0.4) is 0 Å². The van der Waals surface area contributed by atoms with Crippen LogP contribution >= 0.6 is 11.3 Å². The highest BCUT2D eigenvalue weighted by molar-refractivity contribution is 7.13. The number of hydrogen-bond acceptors (Lipinski definition) is 4. The summed E-state index contributed by atoms with van der Waals surface area (Å²) in [6.45, 7) is 1.90. The number of rotatable bonds is 7. The lowest BCUT2D eigenvalue weighted by atomic mass is 10.1. The van der Waals surface area contributed by atoms with Gasteiger partial charge >= 0.3 is 5.97 Å². The number of aromatic nitrogens is 1. The Kier molecular flexibility index (Phi) is 5.81. The number of carboxylic acid groups (broad SMARTS) is 1. The Hall–Kier alpha value is -2.28. The number of hydrogen-bond donors (Lipinski definition) is 1. The molecule has 0 fully saturated rings. The second kappa shape index (κ2) is 7.82. The van der Waals surface area contributed by atoms with Gasteiger partial charge in [0.25, 0.3) is 5.91 Å². The number of amides is 1. The number of halogens is 1. The second-order valence-corrected chi connectivity index (χ2v) is 6.12. The molecule has 1 N–H and O–H groups in total. The highest BCUT2D eigenvalue weighted by Crippen LogP contribution is 2.20. The molecule has 0 bridgehead atoms. The fourth-order valence-corrected chi connectivity index (χ4v) is 3.05. The van der Waals surface area contributed by atoms with Gasteiger partial charge in [0.2, 0.25) is 0 Å². The first-order chi connectivity index (χ1) is 11.0. The van der Waals surface area contributed by atoms with Crippen LogP contribution in [0.4, 0.5) is 4.39 Å². The fraction of sp³-hybridized carbons (Fsp3) is 0.312. The number of carbonyl (C=O) groups excluding carboxylic acids is 1. The quantitative estimate of drug-likeness (QED) is 0.844. The Bertz CT molecular complexity index is 702. The van der Waals surface area contributed by atoms with Gasteiger partial charge < -0.3 is 10.0 Å². The van der Waals surface area contributed by atoms with E-state index in [9.17, 15) is 14.0 Å². The molecular weight excluding hydrogens is 319 g/mol. The molecule has 1 heterocycles. The van der Waals surface area contributed by atoms with Gasteiger partial charge in [-0.15, -0.1) is 11.3 Å².